The molecule has 0 radical (unpaired) electrons. The fourth-order valence-electron chi connectivity index (χ4n) is 2.76. The van der Waals surface area contributed by atoms with Crippen molar-refractivity contribution in [3.63, 3.8) is 0 Å². The number of hydrogen-bond acceptors (Lipinski definition) is 4. The minimum Gasteiger partial charge on any atom is -0.275 e. The summed E-state index contributed by atoms with van der Waals surface area (Å²) in [7, 11) is -4.60. The first-order valence-electron chi connectivity index (χ1n) is 7.30. The van der Waals surface area contributed by atoms with Gasteiger partial charge in [-0.3, -0.25) is 4.68 Å². The molecule has 0 atom stereocenters. The molecule has 0 saturated carbocycles. The zero-order valence-electron chi connectivity index (χ0n) is 12.5. The summed E-state index contributed by atoms with van der Waals surface area (Å²) < 4.78 is 44.1. The van der Waals surface area contributed by atoms with Crippen molar-refractivity contribution in [2.24, 2.45) is 10.8 Å². The van der Waals surface area contributed by atoms with Gasteiger partial charge in [0, 0.05) is 43.4 Å². The maximum Gasteiger partial charge on any atom is 0.330 e. The summed E-state index contributed by atoms with van der Waals surface area (Å²) >= 11 is 0. The Labute approximate surface area is 131 Å². The molecule has 2 aliphatic heterocycles. The molecule has 0 aliphatic carbocycles. The van der Waals surface area contributed by atoms with Crippen LogP contribution in [-0.4, -0.2) is 51.3 Å². The summed E-state index contributed by atoms with van der Waals surface area (Å²) in [4.78, 5) is 0. The third kappa shape index (κ3) is 3.26. The second-order valence-electron chi connectivity index (χ2n) is 5.69. The molecule has 1 aromatic rings. The molecular weight excluding hydrogens is 324 g/mol. The van der Waals surface area contributed by atoms with E-state index in [1.54, 1.807) is 10.9 Å². The predicted octanol–water partition coefficient (Wildman–Crippen LogP) is 1.02. The highest BCUT2D eigenvalue weighted by Gasteiger charge is 2.28. The fraction of sp³-hybridized carbons (Fsp3) is 0.615. The highest BCUT2D eigenvalue weighted by molar-refractivity contribution is 8.02. The third-order valence-corrected chi connectivity index (χ3v) is 8.58. The molecule has 0 amide bonds. The van der Waals surface area contributed by atoms with Gasteiger partial charge in [0.15, 0.2) is 0 Å². The van der Waals surface area contributed by atoms with E-state index in [-0.39, 0.29) is 6.54 Å². The average Bonchev–Trinajstić information content (AvgIpc) is 3.07. The normalized spacial score (nSPS) is 22.5. The van der Waals surface area contributed by atoms with Gasteiger partial charge in [-0.1, -0.05) is 9.84 Å². The van der Waals surface area contributed by atoms with Crippen molar-refractivity contribution in [2.75, 3.05) is 24.6 Å². The van der Waals surface area contributed by atoms with E-state index in [0.29, 0.717) is 24.5 Å². The van der Waals surface area contributed by atoms with E-state index in [1.807, 2.05) is 19.3 Å². The molecule has 0 spiro atoms. The largest absolute Gasteiger partial charge is 0.330 e. The van der Waals surface area contributed by atoms with Crippen LogP contribution < -0.4 is 0 Å². The second-order valence-corrected chi connectivity index (χ2v) is 10.1. The molecule has 1 aromatic heterocycles. The van der Waals surface area contributed by atoms with E-state index >= 15 is 0 Å². The summed E-state index contributed by atoms with van der Waals surface area (Å²) in [5.41, 5.74) is 1.83. The molecule has 1 fully saturated rings. The molecule has 7 nitrogen and oxygen atoms in total. The molecule has 0 unspecified atom stereocenters. The maximum atomic E-state index is 12.5. The lowest BCUT2D eigenvalue weighted by Crippen LogP contribution is -2.34. The topological polar surface area (TPSA) is 84.6 Å². The molecule has 0 aromatic carbocycles. The number of hydrogen-bond donors (Lipinski definition) is 0. The van der Waals surface area contributed by atoms with Gasteiger partial charge in [0.1, 0.15) is 0 Å². The van der Waals surface area contributed by atoms with Crippen molar-refractivity contribution in [3.8, 4) is 0 Å². The van der Waals surface area contributed by atoms with Crippen molar-refractivity contribution in [3.05, 3.63) is 24.0 Å². The Balaban J connectivity index is 1.84. The van der Waals surface area contributed by atoms with Crippen molar-refractivity contribution in [1.29, 1.82) is 0 Å². The van der Waals surface area contributed by atoms with Crippen molar-refractivity contribution < 1.29 is 12.6 Å². The molecule has 0 bridgehead atoms. The van der Waals surface area contributed by atoms with Crippen molar-refractivity contribution in [2.45, 2.75) is 19.3 Å². The Bertz CT molecular complexity index is 804. The first-order chi connectivity index (χ1) is 10.4. The monoisotopic (exact) mass is 344 g/mol. The van der Waals surface area contributed by atoms with E-state index < -0.39 is 19.9 Å². The quantitative estimate of drug-likeness (QED) is 0.819. The second kappa shape index (κ2) is 5.78. The Morgan fingerprint density at radius 2 is 2.05 bits per heavy atom. The lowest BCUT2D eigenvalue weighted by molar-refractivity contribution is 0.444. The standard InChI is InChI=1S/C13H20N4O3S2/c1-16-10-13(9-14-16)12-5-4-6-17(11-12)22(19,20)15-21(18)7-2-3-8-21/h5,9-10H,2-4,6-8,11H2,1H3. The SMILES string of the molecule is Cn1cc(C2=CCCN(S(=O)(=O)N=S3(=O)CCCC3)C2)cn1. The lowest BCUT2D eigenvalue weighted by Gasteiger charge is -2.24. The summed E-state index contributed by atoms with van der Waals surface area (Å²) in [6.45, 7) is 0.637. The van der Waals surface area contributed by atoms with Gasteiger partial charge in [0.05, 0.1) is 15.9 Å². The van der Waals surface area contributed by atoms with Gasteiger partial charge in [-0.05, 0) is 24.8 Å². The van der Waals surface area contributed by atoms with Crippen LogP contribution in [0.1, 0.15) is 24.8 Å². The van der Waals surface area contributed by atoms with Gasteiger partial charge >= 0.3 is 10.2 Å². The Morgan fingerprint density at radius 3 is 2.68 bits per heavy atom. The number of nitrogens with zero attached hydrogens (tertiary/aromatic N) is 4. The van der Waals surface area contributed by atoms with Gasteiger partial charge in [0.2, 0.25) is 0 Å². The van der Waals surface area contributed by atoms with Crippen molar-refractivity contribution in [1.82, 2.24) is 14.1 Å². The molecule has 0 N–H and O–H groups in total. The van der Waals surface area contributed by atoms with E-state index in [0.717, 1.165) is 24.0 Å². The molecular formula is C13H20N4O3S2. The third-order valence-electron chi connectivity index (χ3n) is 3.92. The number of aromatic nitrogens is 2. The zero-order chi connectivity index (χ0) is 15.8. The maximum absolute atomic E-state index is 12.5. The van der Waals surface area contributed by atoms with E-state index in [2.05, 4.69) is 8.87 Å². The molecule has 22 heavy (non-hydrogen) atoms. The first kappa shape index (κ1) is 15.7. The smallest absolute Gasteiger partial charge is 0.275 e. The van der Waals surface area contributed by atoms with Gasteiger partial charge in [-0.2, -0.15) is 17.8 Å². The predicted molar refractivity (Wildman–Crippen MR) is 85.8 cm³/mol. The summed E-state index contributed by atoms with van der Waals surface area (Å²) in [6.07, 6.45) is 7.81. The molecule has 3 heterocycles. The summed E-state index contributed by atoms with van der Waals surface area (Å²) in [5, 5.41) is 4.11. The minimum absolute atomic E-state index is 0.257. The first-order valence-corrected chi connectivity index (χ1v) is 10.5. The van der Waals surface area contributed by atoms with Crippen LogP contribution in [0.2, 0.25) is 0 Å². The van der Waals surface area contributed by atoms with Gasteiger partial charge in [-0.15, -0.1) is 0 Å². The Hall–Kier alpha value is -1.19. The molecule has 3 rings (SSSR count). The zero-order valence-corrected chi connectivity index (χ0v) is 14.1. The van der Waals surface area contributed by atoms with E-state index in [1.165, 1.54) is 4.31 Å². The van der Waals surface area contributed by atoms with Crippen LogP contribution in [0.25, 0.3) is 5.57 Å². The summed E-state index contributed by atoms with van der Waals surface area (Å²) in [5.74, 6) is 0.788. The highest BCUT2D eigenvalue weighted by atomic mass is 32.3. The molecule has 9 heteroatoms. The van der Waals surface area contributed by atoms with Crippen molar-refractivity contribution >= 4 is 25.5 Å². The van der Waals surface area contributed by atoms with Crippen LogP contribution in [0.15, 0.2) is 22.2 Å². The van der Waals surface area contributed by atoms with Crippen LogP contribution in [0.5, 0.6) is 0 Å². The van der Waals surface area contributed by atoms with E-state index in [9.17, 15) is 12.6 Å². The lowest BCUT2D eigenvalue weighted by atomic mass is 10.1. The Kier molecular flexibility index (Phi) is 4.13. The minimum atomic E-state index is -3.84. The highest BCUT2D eigenvalue weighted by Crippen LogP contribution is 2.24. The van der Waals surface area contributed by atoms with Crippen LogP contribution in [-0.2, 0) is 27.0 Å². The fourth-order valence-corrected chi connectivity index (χ4v) is 7.26. The van der Waals surface area contributed by atoms with Crippen LogP contribution in [0.4, 0.5) is 0 Å². The van der Waals surface area contributed by atoms with Crippen LogP contribution in [0, 0.1) is 0 Å². The van der Waals surface area contributed by atoms with Crippen LogP contribution >= 0.6 is 0 Å². The Morgan fingerprint density at radius 1 is 1.32 bits per heavy atom. The van der Waals surface area contributed by atoms with Gasteiger partial charge in [-0.25, -0.2) is 4.21 Å². The van der Waals surface area contributed by atoms with Crippen LogP contribution in [0.3, 0.4) is 0 Å². The number of aryl methyl sites for hydroxylation is 1. The molecule has 1 saturated heterocycles. The number of rotatable bonds is 3. The molecule has 122 valence electrons. The summed E-state index contributed by atoms with van der Waals surface area (Å²) in [6, 6.07) is 0. The van der Waals surface area contributed by atoms with Gasteiger partial charge in [0.25, 0.3) is 0 Å². The molecule has 2 aliphatic rings. The average molecular weight is 344 g/mol. The van der Waals surface area contributed by atoms with Gasteiger partial charge < -0.3 is 0 Å². The van der Waals surface area contributed by atoms with E-state index in [4.69, 9.17) is 0 Å².